The number of carbonyl (C=O) groups excluding carboxylic acids is 1. The molecule has 0 fully saturated rings. The number of rotatable bonds is 10. The summed E-state index contributed by atoms with van der Waals surface area (Å²) in [7, 11) is 0. The van der Waals surface area contributed by atoms with E-state index in [0.29, 0.717) is 6.42 Å². The summed E-state index contributed by atoms with van der Waals surface area (Å²) in [5.74, 6) is -0.315. The van der Waals surface area contributed by atoms with E-state index in [1.807, 2.05) is 0 Å². The third-order valence-electron chi connectivity index (χ3n) is 3.28. The summed E-state index contributed by atoms with van der Waals surface area (Å²) >= 11 is 4.95. The van der Waals surface area contributed by atoms with Crippen molar-refractivity contribution >= 4 is 17.8 Å². The molecule has 0 spiro atoms. The van der Waals surface area contributed by atoms with E-state index in [0.717, 1.165) is 12.8 Å². The number of halogens is 1. The molecule has 0 aromatic heterocycles. The molecule has 0 amide bonds. The highest BCUT2D eigenvalue weighted by Gasteiger charge is 2.00. The summed E-state index contributed by atoms with van der Waals surface area (Å²) in [6, 6.07) is 10.6. The van der Waals surface area contributed by atoms with Gasteiger partial charge in [0.25, 0.3) is 0 Å². The predicted molar refractivity (Wildman–Crippen MR) is 79.0 cm³/mol. The van der Waals surface area contributed by atoms with Crippen molar-refractivity contribution in [2.75, 3.05) is 0 Å². The van der Waals surface area contributed by atoms with Gasteiger partial charge in [-0.2, -0.15) is 0 Å². The highest BCUT2D eigenvalue weighted by molar-refractivity contribution is 6.13. The van der Waals surface area contributed by atoms with Crippen LogP contribution >= 0.6 is 11.9 Å². The van der Waals surface area contributed by atoms with Gasteiger partial charge in [0.15, 0.2) is 0 Å². The molecule has 1 rings (SSSR count). The molecular weight excluding hydrogens is 260 g/mol. The van der Waals surface area contributed by atoms with Crippen LogP contribution < -0.4 is 0 Å². The minimum atomic E-state index is -0.315. The highest BCUT2D eigenvalue weighted by Crippen LogP contribution is 2.11. The average Bonchev–Trinajstić information content (AvgIpc) is 2.46. The summed E-state index contributed by atoms with van der Waals surface area (Å²) in [6.07, 6.45) is 9.89. The van der Waals surface area contributed by atoms with Gasteiger partial charge >= 0.3 is 5.97 Å². The number of hydrogen-bond acceptors (Lipinski definition) is 2. The molecule has 0 N–H and O–H groups in total. The molecule has 2 nitrogen and oxygen atoms in total. The Balaban J connectivity index is 1.85. The topological polar surface area (TPSA) is 26.3 Å². The fourth-order valence-electron chi connectivity index (χ4n) is 2.17. The maximum absolute atomic E-state index is 10.8. The van der Waals surface area contributed by atoms with Gasteiger partial charge in [-0.05, 0) is 24.8 Å². The molecule has 19 heavy (non-hydrogen) atoms. The van der Waals surface area contributed by atoms with Crippen molar-refractivity contribution in [3.8, 4) is 0 Å². The van der Waals surface area contributed by atoms with Crippen molar-refractivity contribution in [3.63, 3.8) is 0 Å². The van der Waals surface area contributed by atoms with Crippen LogP contribution in [0, 0.1) is 0 Å². The Morgan fingerprint density at radius 1 is 0.895 bits per heavy atom. The molecule has 0 radical (unpaired) electrons. The second-order valence-electron chi connectivity index (χ2n) is 4.91. The standard InChI is InChI=1S/C16H23ClO2/c17-19-16(18)14-10-5-3-1-2-4-7-11-15-12-8-6-9-13-15/h6,8-9,12-13H,1-5,7,10-11,14H2. The van der Waals surface area contributed by atoms with Gasteiger partial charge in [0.2, 0.25) is 0 Å². The molecule has 0 aliphatic rings. The van der Waals surface area contributed by atoms with Gasteiger partial charge < -0.3 is 4.29 Å². The Bertz CT molecular complexity index is 338. The van der Waals surface area contributed by atoms with Crippen LogP contribution in [0.1, 0.15) is 56.9 Å². The molecule has 0 heterocycles. The van der Waals surface area contributed by atoms with Gasteiger partial charge in [-0.1, -0.05) is 62.4 Å². The first-order valence-electron chi connectivity index (χ1n) is 7.18. The second kappa shape index (κ2) is 10.9. The smallest absolute Gasteiger partial charge is 0.324 e. The zero-order valence-electron chi connectivity index (χ0n) is 11.4. The van der Waals surface area contributed by atoms with Crippen molar-refractivity contribution in [2.45, 2.75) is 57.8 Å². The van der Waals surface area contributed by atoms with Crippen LogP contribution in [0.25, 0.3) is 0 Å². The van der Waals surface area contributed by atoms with Crippen LogP contribution in [0.15, 0.2) is 30.3 Å². The van der Waals surface area contributed by atoms with E-state index in [1.54, 1.807) is 0 Å². The first-order chi connectivity index (χ1) is 9.33. The van der Waals surface area contributed by atoms with Gasteiger partial charge in [-0.25, -0.2) is 0 Å². The molecule has 0 aliphatic carbocycles. The van der Waals surface area contributed by atoms with Gasteiger partial charge in [-0.3, -0.25) is 4.79 Å². The van der Waals surface area contributed by atoms with Gasteiger partial charge in [0, 0.05) is 6.42 Å². The van der Waals surface area contributed by atoms with Crippen molar-refractivity contribution < 1.29 is 9.08 Å². The largest absolute Gasteiger partial charge is 0.348 e. The number of unbranched alkanes of at least 4 members (excludes halogenated alkanes) is 6. The van der Waals surface area contributed by atoms with E-state index in [2.05, 4.69) is 34.6 Å². The maximum atomic E-state index is 10.8. The van der Waals surface area contributed by atoms with Crippen molar-refractivity contribution in [3.05, 3.63) is 35.9 Å². The molecule has 1 aromatic carbocycles. The first kappa shape index (κ1) is 16.0. The maximum Gasteiger partial charge on any atom is 0.324 e. The lowest BCUT2D eigenvalue weighted by molar-refractivity contribution is -0.134. The normalized spacial score (nSPS) is 10.4. The van der Waals surface area contributed by atoms with Crippen LogP contribution in [0.3, 0.4) is 0 Å². The van der Waals surface area contributed by atoms with Gasteiger partial charge in [0.1, 0.15) is 11.9 Å². The first-order valence-corrected chi connectivity index (χ1v) is 7.49. The zero-order chi connectivity index (χ0) is 13.8. The Morgan fingerprint density at radius 2 is 1.47 bits per heavy atom. The Morgan fingerprint density at radius 3 is 2.11 bits per heavy atom. The van der Waals surface area contributed by atoms with Crippen LogP contribution in [0.4, 0.5) is 0 Å². The molecule has 0 aliphatic heterocycles. The predicted octanol–water partition coefficient (Wildman–Crippen LogP) is 5.05. The second-order valence-corrected chi connectivity index (χ2v) is 5.06. The van der Waals surface area contributed by atoms with Crippen molar-refractivity contribution in [2.24, 2.45) is 0 Å². The number of carbonyl (C=O) groups is 1. The van der Waals surface area contributed by atoms with E-state index >= 15 is 0 Å². The number of benzene rings is 1. The molecule has 0 saturated carbocycles. The minimum absolute atomic E-state index is 0.315. The lowest BCUT2D eigenvalue weighted by Gasteiger charge is -2.02. The van der Waals surface area contributed by atoms with E-state index in [1.165, 1.54) is 44.1 Å². The Kier molecular flexibility index (Phi) is 9.17. The lowest BCUT2D eigenvalue weighted by Crippen LogP contribution is -1.95. The minimum Gasteiger partial charge on any atom is -0.348 e. The van der Waals surface area contributed by atoms with Crippen molar-refractivity contribution in [1.82, 2.24) is 0 Å². The van der Waals surface area contributed by atoms with E-state index < -0.39 is 0 Å². The van der Waals surface area contributed by atoms with Crippen molar-refractivity contribution in [1.29, 1.82) is 0 Å². The fourth-order valence-corrected chi connectivity index (χ4v) is 2.24. The van der Waals surface area contributed by atoms with Crippen LogP contribution in [-0.2, 0) is 15.5 Å². The Hall–Kier alpha value is -1.02. The molecule has 0 unspecified atom stereocenters. The summed E-state index contributed by atoms with van der Waals surface area (Å²) in [6.45, 7) is 0. The third kappa shape index (κ3) is 8.66. The van der Waals surface area contributed by atoms with Crippen LogP contribution in [0.2, 0.25) is 0 Å². The summed E-state index contributed by atoms with van der Waals surface area (Å²) in [4.78, 5) is 10.8. The van der Waals surface area contributed by atoms with E-state index in [4.69, 9.17) is 11.9 Å². The lowest BCUT2D eigenvalue weighted by atomic mass is 10.0. The number of aryl methyl sites for hydroxylation is 1. The molecule has 0 bridgehead atoms. The van der Waals surface area contributed by atoms with E-state index in [9.17, 15) is 4.79 Å². The molecule has 0 saturated heterocycles. The summed E-state index contributed by atoms with van der Waals surface area (Å²) in [5.41, 5.74) is 1.43. The number of hydrogen-bond donors (Lipinski definition) is 0. The summed E-state index contributed by atoms with van der Waals surface area (Å²) in [5, 5.41) is 0. The van der Waals surface area contributed by atoms with Crippen LogP contribution in [-0.4, -0.2) is 5.97 Å². The molecule has 1 aromatic rings. The zero-order valence-corrected chi connectivity index (χ0v) is 12.2. The third-order valence-corrected chi connectivity index (χ3v) is 3.45. The molecule has 106 valence electrons. The molecular formula is C16H23ClO2. The van der Waals surface area contributed by atoms with Gasteiger partial charge in [-0.15, -0.1) is 0 Å². The highest BCUT2D eigenvalue weighted by atomic mass is 35.5. The Labute approximate surface area is 121 Å². The fraction of sp³-hybridized carbons (Fsp3) is 0.562. The quantitative estimate of drug-likeness (QED) is 0.562. The van der Waals surface area contributed by atoms with Gasteiger partial charge in [0.05, 0.1) is 0 Å². The van der Waals surface area contributed by atoms with E-state index in [-0.39, 0.29) is 5.97 Å². The van der Waals surface area contributed by atoms with Crippen LogP contribution in [0.5, 0.6) is 0 Å². The summed E-state index contributed by atoms with van der Waals surface area (Å²) < 4.78 is 4.09. The molecule has 3 heteroatoms. The average molecular weight is 283 g/mol. The SMILES string of the molecule is O=C(CCCCCCCCCc1ccccc1)OCl. The molecule has 0 atom stereocenters. The monoisotopic (exact) mass is 282 g/mol.